The van der Waals surface area contributed by atoms with E-state index in [0.717, 1.165) is 84.6 Å². The van der Waals surface area contributed by atoms with Crippen molar-refractivity contribution in [1.82, 2.24) is 60.0 Å². The first-order valence-electron chi connectivity index (χ1n) is 37.4. The molecular weight excluding hydrogens is 1340 g/mol. The molecule has 3 saturated carbocycles. The molecule has 570 valence electrons. The van der Waals surface area contributed by atoms with Crippen molar-refractivity contribution in [1.29, 1.82) is 0 Å². The number of rotatable bonds is 12. The molecule has 3 aliphatic heterocycles. The molecule has 0 aromatic heterocycles. The van der Waals surface area contributed by atoms with E-state index >= 15 is 33.6 Å². The Hall–Kier alpha value is -7.06. The van der Waals surface area contributed by atoms with E-state index in [9.17, 15) is 37.1 Å². The summed E-state index contributed by atoms with van der Waals surface area (Å²) in [5.74, 6) is -8.60. The average Bonchev–Trinajstić information content (AvgIpc) is 1.45. The van der Waals surface area contributed by atoms with Crippen molar-refractivity contribution >= 4 is 82.5 Å². The van der Waals surface area contributed by atoms with Gasteiger partial charge < -0.3 is 60.0 Å². The summed E-state index contributed by atoms with van der Waals surface area (Å²) in [6.45, 7) is 8.22. The van der Waals surface area contributed by atoms with Crippen LogP contribution in [0.5, 0.6) is 0 Å². The number of halogens is 4. The van der Waals surface area contributed by atoms with Crippen LogP contribution in [0.2, 0.25) is 5.02 Å². The van der Waals surface area contributed by atoms with Gasteiger partial charge >= 0.3 is 6.18 Å². The van der Waals surface area contributed by atoms with Gasteiger partial charge in [0.05, 0.1) is 36.6 Å². The fourth-order valence-electron chi connectivity index (χ4n) is 16.2. The number of hydrogen-bond donors (Lipinski definition) is 3. The minimum absolute atomic E-state index is 0.00400. The molecular formula is C74H114ClF3N12O12. The Morgan fingerprint density at radius 1 is 0.627 bits per heavy atom. The Labute approximate surface area is 605 Å². The number of carbonyl (C=O) groups excluding carboxylic acids is 12. The van der Waals surface area contributed by atoms with Crippen LogP contribution in [-0.4, -0.2) is 251 Å². The van der Waals surface area contributed by atoms with E-state index in [1.165, 1.54) is 72.9 Å². The number of alkyl halides is 3. The lowest BCUT2D eigenvalue weighted by atomic mass is 9.81. The maximum Gasteiger partial charge on any atom is 0.417 e. The van der Waals surface area contributed by atoms with E-state index in [2.05, 4.69) is 16.0 Å². The number of carbonyl (C=O) groups is 12. The second-order valence-electron chi connectivity index (χ2n) is 30.3. The minimum atomic E-state index is -4.76. The van der Waals surface area contributed by atoms with Gasteiger partial charge in [-0.25, -0.2) is 0 Å². The number of nitrogens with zero attached hydrogens (tertiary/aromatic N) is 9. The summed E-state index contributed by atoms with van der Waals surface area (Å²) >= 11 is 6.17. The highest BCUT2D eigenvalue weighted by atomic mass is 35.5. The largest absolute Gasteiger partial charge is 0.417 e. The molecule has 12 amide bonds. The highest BCUT2D eigenvalue weighted by Crippen LogP contribution is 2.39. The van der Waals surface area contributed by atoms with Gasteiger partial charge in [0.1, 0.15) is 47.8 Å². The molecule has 0 bridgehead atoms. The van der Waals surface area contributed by atoms with E-state index in [-0.39, 0.29) is 69.9 Å². The summed E-state index contributed by atoms with van der Waals surface area (Å²) in [6, 6.07) is -5.49. The molecule has 1 aromatic rings. The Morgan fingerprint density at radius 3 is 1.83 bits per heavy atom. The second-order valence-corrected chi connectivity index (χ2v) is 30.8. The third-order valence-corrected chi connectivity index (χ3v) is 22.8. The van der Waals surface area contributed by atoms with Crippen LogP contribution in [0.4, 0.5) is 13.2 Å². The zero-order chi connectivity index (χ0) is 75.1. The van der Waals surface area contributed by atoms with Gasteiger partial charge in [-0.15, -0.1) is 0 Å². The molecule has 6 fully saturated rings. The number of benzene rings is 1. The van der Waals surface area contributed by atoms with Crippen LogP contribution in [0.25, 0.3) is 0 Å². The van der Waals surface area contributed by atoms with Crippen LogP contribution < -0.4 is 16.0 Å². The van der Waals surface area contributed by atoms with Gasteiger partial charge in [-0.3, -0.25) is 57.5 Å². The summed E-state index contributed by atoms with van der Waals surface area (Å²) in [5.41, 5.74) is -2.33. The van der Waals surface area contributed by atoms with Crippen LogP contribution in [0.15, 0.2) is 18.2 Å². The van der Waals surface area contributed by atoms with Gasteiger partial charge in [-0.1, -0.05) is 116 Å². The van der Waals surface area contributed by atoms with Gasteiger partial charge in [-0.05, 0) is 132 Å². The summed E-state index contributed by atoms with van der Waals surface area (Å²) in [6.07, 6.45) is 7.16. The number of piperidine rings is 1. The highest BCUT2D eigenvalue weighted by molar-refractivity contribution is 6.31. The topological polar surface area (TPSA) is 270 Å². The van der Waals surface area contributed by atoms with Crippen molar-refractivity contribution in [3.05, 3.63) is 34.3 Å². The van der Waals surface area contributed by atoms with Gasteiger partial charge in [0.25, 0.3) is 0 Å². The molecule has 28 heteroatoms. The van der Waals surface area contributed by atoms with Crippen LogP contribution in [0.1, 0.15) is 200 Å². The number of likely N-dealkylation sites (N-methyl/N-ethyl adjacent to an activating group) is 7. The molecule has 1 spiro atoms. The first-order chi connectivity index (χ1) is 48.2. The number of amides is 12. The Bertz CT molecular complexity index is 3150. The molecule has 3 heterocycles. The fraction of sp³-hybridized carbons (Fsp3) is 0.757. The first kappa shape index (κ1) is 82.2. The molecule has 7 rings (SSSR count). The van der Waals surface area contributed by atoms with Crippen molar-refractivity contribution in [2.45, 2.75) is 249 Å². The summed E-state index contributed by atoms with van der Waals surface area (Å²) in [4.78, 5) is 192. The van der Waals surface area contributed by atoms with Gasteiger partial charge in [-0.2, -0.15) is 13.2 Å². The standard InChI is InChI=1S/C74H114ClF3N12O12/c1-12-48(5)63-70(100)84(8)45-61(93)82(6)46-62(94)85(9)57(42-49-26-17-14-18-27-49)68(98)83(7)44-59(91)79-54(34-32-50-31-33-52(53(75)41-50)74(76,77)78)67(97)90-39-25-30-55(90)66(96)81-73(35-21-22-36-73)72(102)87(11)64(51-28-19-15-20-29-51)71(101)86(10)58(69(99)88-37-23-16-24-38-88)43-60(92)89(13-2)56(40-47(3)4)65(95)80-63/h31,33,41,47-49,51,54-58,63-64H,12-30,32,34-40,42-46H2,1-11H3,(H,79,91)(H,80,95)(H,81,96)/t48-,54-,55?,56-,57-,58-,63-,64-/m0/s1. The minimum Gasteiger partial charge on any atom is -0.343 e. The molecule has 8 atom stereocenters. The normalized spacial score (nSPS) is 26.6. The lowest BCUT2D eigenvalue weighted by molar-refractivity contribution is -0.157. The second kappa shape index (κ2) is 37.1. The SMILES string of the molecule is CC[C@H](C)[C@@H]1NC(=O)[C@H](CC(C)C)N(CC)C(=O)C[C@@H](C(=O)N2CCCCC2)N(C)C(=O)[C@H](C2CCCCC2)N(C)C(=O)C2(CCCC2)NC(=O)C2CCCN2C(=O)[C@H](CCc2ccc(C(F)(F)F)c(Cl)c2)NC(=O)CN(C)C(=O)[C@H](CC2CCCCC2)N(C)C(=O)CN(C)C(=O)CN(C)C1=O. The van der Waals surface area contributed by atoms with Gasteiger partial charge in [0.15, 0.2) is 0 Å². The molecule has 0 radical (unpaired) electrons. The van der Waals surface area contributed by atoms with E-state index in [0.29, 0.717) is 70.0 Å². The highest BCUT2D eigenvalue weighted by Gasteiger charge is 2.52. The number of nitrogens with one attached hydrogen (secondary N) is 3. The number of likely N-dealkylation sites (tertiary alicyclic amines) is 1. The first-order valence-corrected chi connectivity index (χ1v) is 37.8. The predicted molar refractivity (Wildman–Crippen MR) is 378 cm³/mol. The van der Waals surface area contributed by atoms with Crippen molar-refractivity contribution < 1.29 is 70.7 Å². The molecule has 3 aliphatic carbocycles. The van der Waals surface area contributed by atoms with E-state index in [1.807, 2.05) is 20.8 Å². The van der Waals surface area contributed by atoms with Crippen LogP contribution in [-0.2, 0) is 70.1 Å². The van der Waals surface area contributed by atoms with Crippen LogP contribution in [0, 0.1) is 23.7 Å². The van der Waals surface area contributed by atoms with E-state index < -0.39 is 173 Å². The Balaban J connectivity index is 1.30. The van der Waals surface area contributed by atoms with Gasteiger partial charge in [0.2, 0.25) is 70.9 Å². The fourth-order valence-corrected chi connectivity index (χ4v) is 16.5. The van der Waals surface area contributed by atoms with E-state index in [4.69, 9.17) is 11.6 Å². The molecule has 1 aromatic carbocycles. The van der Waals surface area contributed by atoms with Crippen LogP contribution >= 0.6 is 11.6 Å². The monoisotopic (exact) mass is 1450 g/mol. The smallest absolute Gasteiger partial charge is 0.343 e. The maximum absolute atomic E-state index is 15.9. The lowest BCUT2D eigenvalue weighted by Gasteiger charge is -2.43. The average molecular weight is 1460 g/mol. The van der Waals surface area contributed by atoms with Crippen molar-refractivity contribution in [3.63, 3.8) is 0 Å². The summed E-state index contributed by atoms with van der Waals surface area (Å²) in [5, 5.41) is 8.24. The molecule has 102 heavy (non-hydrogen) atoms. The number of hydrogen-bond acceptors (Lipinski definition) is 12. The molecule has 1 unspecified atom stereocenters. The Kier molecular flexibility index (Phi) is 29.9. The quantitative estimate of drug-likeness (QED) is 0.195. The molecule has 24 nitrogen and oxygen atoms in total. The van der Waals surface area contributed by atoms with Gasteiger partial charge in [0, 0.05) is 68.5 Å². The molecule has 3 saturated heterocycles. The lowest BCUT2D eigenvalue weighted by Crippen LogP contribution is -2.65. The Morgan fingerprint density at radius 2 is 1.24 bits per heavy atom. The molecule has 3 N–H and O–H groups in total. The van der Waals surface area contributed by atoms with Crippen molar-refractivity contribution in [2.75, 3.05) is 88.1 Å². The number of aryl methyl sites for hydroxylation is 1. The third-order valence-electron chi connectivity index (χ3n) is 22.5. The number of fused-ring (bicyclic) bond motifs is 1. The van der Waals surface area contributed by atoms with Crippen molar-refractivity contribution in [2.24, 2.45) is 23.7 Å². The van der Waals surface area contributed by atoms with E-state index in [1.54, 1.807) is 18.7 Å². The summed E-state index contributed by atoms with van der Waals surface area (Å²) in [7, 11) is 8.61. The zero-order valence-electron chi connectivity index (χ0n) is 62.1. The third kappa shape index (κ3) is 20.7. The maximum atomic E-state index is 15.9. The van der Waals surface area contributed by atoms with Crippen LogP contribution in [0.3, 0.4) is 0 Å². The molecule has 6 aliphatic rings. The zero-order valence-corrected chi connectivity index (χ0v) is 62.9. The summed E-state index contributed by atoms with van der Waals surface area (Å²) < 4.78 is 41.7. The van der Waals surface area contributed by atoms with Crippen molar-refractivity contribution in [3.8, 4) is 0 Å². The predicted octanol–water partition coefficient (Wildman–Crippen LogP) is 6.81.